The van der Waals surface area contributed by atoms with E-state index in [0.717, 1.165) is 43.1 Å². The molecule has 0 spiro atoms. The molecule has 0 saturated carbocycles. The first-order chi connectivity index (χ1) is 12.1. The maximum atomic E-state index is 13.1. The zero-order valence-electron chi connectivity index (χ0n) is 14.8. The number of hydrogen-bond donors (Lipinski definition) is 0. The number of rotatable bonds is 3. The lowest BCUT2D eigenvalue weighted by Crippen LogP contribution is -2.47. The molecule has 1 amide bonds. The molecule has 1 atom stereocenters. The summed E-state index contributed by atoms with van der Waals surface area (Å²) in [5.41, 5.74) is 3.37. The van der Waals surface area contributed by atoms with Crippen LogP contribution >= 0.6 is 11.3 Å². The van der Waals surface area contributed by atoms with Gasteiger partial charge in [0.15, 0.2) is 0 Å². The lowest BCUT2D eigenvalue weighted by atomic mass is 10.1. The lowest BCUT2D eigenvalue weighted by molar-refractivity contribution is 0.0663. The predicted molar refractivity (Wildman–Crippen MR) is 101 cm³/mol. The smallest absolute Gasteiger partial charge is 0.260 e. The van der Waals surface area contributed by atoms with Crippen molar-refractivity contribution in [3.05, 3.63) is 51.9 Å². The Balaban J connectivity index is 1.64. The third-order valence-corrected chi connectivity index (χ3v) is 6.48. The molecule has 2 aliphatic rings. The van der Waals surface area contributed by atoms with Gasteiger partial charge in [0, 0.05) is 35.7 Å². The second-order valence-electron chi connectivity index (χ2n) is 6.95. The fourth-order valence-electron chi connectivity index (χ4n) is 3.69. The van der Waals surface area contributed by atoms with Crippen molar-refractivity contribution in [2.24, 2.45) is 0 Å². The summed E-state index contributed by atoms with van der Waals surface area (Å²) in [7, 11) is 0. The van der Waals surface area contributed by atoms with Gasteiger partial charge < -0.3 is 4.74 Å². The monoisotopic (exact) mass is 356 g/mol. The van der Waals surface area contributed by atoms with Crippen LogP contribution in [0, 0.1) is 13.8 Å². The van der Waals surface area contributed by atoms with E-state index in [1.165, 1.54) is 16.0 Å². The van der Waals surface area contributed by atoms with E-state index in [4.69, 9.17) is 4.74 Å². The number of ether oxygens (including phenoxy) is 1. The summed E-state index contributed by atoms with van der Waals surface area (Å²) in [4.78, 5) is 18.8. The first-order valence-corrected chi connectivity index (χ1v) is 9.75. The number of fused-ring (bicyclic) bond motifs is 1. The van der Waals surface area contributed by atoms with Crippen molar-refractivity contribution in [1.29, 1.82) is 0 Å². The largest absolute Gasteiger partial charge is 0.377 e. The molecule has 4 rings (SSSR count). The Morgan fingerprint density at radius 3 is 2.80 bits per heavy atom. The van der Waals surface area contributed by atoms with Gasteiger partial charge in [0.25, 0.3) is 5.91 Å². The highest BCUT2D eigenvalue weighted by atomic mass is 32.1. The van der Waals surface area contributed by atoms with Crippen molar-refractivity contribution in [3.63, 3.8) is 0 Å². The summed E-state index contributed by atoms with van der Waals surface area (Å²) in [5, 5.41) is 1.12. The van der Waals surface area contributed by atoms with E-state index in [9.17, 15) is 4.79 Å². The number of hydrogen-bond acceptors (Lipinski definition) is 4. The number of amides is 1. The van der Waals surface area contributed by atoms with Crippen molar-refractivity contribution >= 4 is 22.2 Å². The molecule has 3 heterocycles. The van der Waals surface area contributed by atoms with E-state index >= 15 is 0 Å². The minimum absolute atomic E-state index is 0.0835. The van der Waals surface area contributed by atoms with Crippen LogP contribution in [0.1, 0.15) is 39.2 Å². The molecule has 0 N–H and O–H groups in total. The van der Waals surface area contributed by atoms with Gasteiger partial charge in [0.1, 0.15) is 5.00 Å². The van der Waals surface area contributed by atoms with Gasteiger partial charge in [-0.25, -0.2) is 0 Å². The normalized spacial score (nSPS) is 20.7. The van der Waals surface area contributed by atoms with E-state index in [0.29, 0.717) is 12.8 Å². The first kappa shape index (κ1) is 16.8. The molecule has 2 aromatic rings. The van der Waals surface area contributed by atoms with Crippen LogP contribution in [-0.4, -0.2) is 36.7 Å². The predicted octanol–water partition coefficient (Wildman–Crippen LogP) is 3.96. The number of aryl methyl sites for hydroxylation is 1. The quantitative estimate of drug-likeness (QED) is 0.834. The van der Waals surface area contributed by atoms with Crippen LogP contribution < -0.4 is 4.90 Å². The van der Waals surface area contributed by atoms with Crippen molar-refractivity contribution < 1.29 is 9.53 Å². The lowest BCUT2D eigenvalue weighted by Gasteiger charge is -2.36. The zero-order valence-corrected chi connectivity index (χ0v) is 15.6. The fraction of sp³-hybridized carbons (Fsp3) is 0.450. The van der Waals surface area contributed by atoms with Crippen molar-refractivity contribution in [1.82, 2.24) is 4.90 Å². The molecule has 2 aliphatic heterocycles. The fourth-order valence-corrected chi connectivity index (χ4v) is 4.85. The maximum absolute atomic E-state index is 13.1. The number of benzene rings is 1. The summed E-state index contributed by atoms with van der Waals surface area (Å²) in [6, 6.07) is 9.59. The second kappa shape index (κ2) is 6.90. The number of carbonyl (C=O) groups is 1. The molecular formula is C20H24N2O2S. The molecule has 1 aromatic carbocycles. The molecule has 0 aliphatic carbocycles. The minimum Gasteiger partial charge on any atom is -0.377 e. The Kier molecular flexibility index (Phi) is 4.63. The average Bonchev–Trinajstić information content (AvgIpc) is 3.24. The van der Waals surface area contributed by atoms with E-state index in [2.05, 4.69) is 18.7 Å². The Morgan fingerprint density at radius 2 is 2.08 bits per heavy atom. The molecule has 4 nitrogen and oxygen atoms in total. The van der Waals surface area contributed by atoms with Gasteiger partial charge in [-0.2, -0.15) is 0 Å². The third kappa shape index (κ3) is 3.24. The topological polar surface area (TPSA) is 32.8 Å². The SMILES string of the molecule is Cc1sc2c(c1C)CN(C[C@@H]1CCCO1)CN2C(=O)c1ccccc1. The molecular weight excluding hydrogens is 332 g/mol. The zero-order chi connectivity index (χ0) is 17.4. The highest BCUT2D eigenvalue weighted by Crippen LogP contribution is 2.40. The molecule has 132 valence electrons. The summed E-state index contributed by atoms with van der Waals surface area (Å²) in [5.74, 6) is 0.0835. The molecule has 0 unspecified atom stereocenters. The molecule has 0 bridgehead atoms. The van der Waals surface area contributed by atoms with Gasteiger partial charge in [0.05, 0.1) is 12.8 Å². The summed E-state index contributed by atoms with van der Waals surface area (Å²) >= 11 is 1.74. The van der Waals surface area contributed by atoms with Crippen LogP contribution in [0.25, 0.3) is 0 Å². The molecule has 1 aromatic heterocycles. The maximum Gasteiger partial charge on any atom is 0.260 e. The van der Waals surface area contributed by atoms with E-state index in [-0.39, 0.29) is 5.91 Å². The van der Waals surface area contributed by atoms with E-state index in [1.807, 2.05) is 35.2 Å². The molecule has 25 heavy (non-hydrogen) atoms. The highest BCUT2D eigenvalue weighted by molar-refractivity contribution is 7.16. The number of anilines is 1. The number of nitrogens with zero attached hydrogens (tertiary/aromatic N) is 2. The van der Waals surface area contributed by atoms with Crippen LogP contribution in [0.3, 0.4) is 0 Å². The highest BCUT2D eigenvalue weighted by Gasteiger charge is 2.32. The Labute approximate surface area is 153 Å². The van der Waals surface area contributed by atoms with Crippen LogP contribution in [0.2, 0.25) is 0 Å². The third-order valence-electron chi connectivity index (χ3n) is 5.21. The Morgan fingerprint density at radius 1 is 1.28 bits per heavy atom. The standard InChI is InChI=1S/C20H24N2O2S/c1-14-15(2)25-20-18(14)12-21(11-17-9-6-10-24-17)13-22(20)19(23)16-7-4-3-5-8-16/h3-5,7-8,17H,6,9-13H2,1-2H3/t17-/m0/s1. The summed E-state index contributed by atoms with van der Waals surface area (Å²) in [6.45, 7) is 7.63. The van der Waals surface area contributed by atoms with Crippen LogP contribution in [-0.2, 0) is 11.3 Å². The van der Waals surface area contributed by atoms with Gasteiger partial charge in [-0.15, -0.1) is 11.3 Å². The van der Waals surface area contributed by atoms with Gasteiger partial charge >= 0.3 is 0 Å². The number of thiophene rings is 1. The first-order valence-electron chi connectivity index (χ1n) is 8.93. The van der Waals surface area contributed by atoms with Crippen LogP contribution in [0.4, 0.5) is 5.00 Å². The van der Waals surface area contributed by atoms with Gasteiger partial charge in [-0.1, -0.05) is 18.2 Å². The van der Waals surface area contributed by atoms with Crippen molar-refractivity contribution in [3.8, 4) is 0 Å². The van der Waals surface area contributed by atoms with Gasteiger partial charge in [-0.05, 0) is 44.4 Å². The average molecular weight is 356 g/mol. The van der Waals surface area contributed by atoms with E-state index in [1.54, 1.807) is 11.3 Å². The summed E-state index contributed by atoms with van der Waals surface area (Å²) < 4.78 is 5.82. The van der Waals surface area contributed by atoms with Gasteiger partial charge in [-0.3, -0.25) is 14.6 Å². The van der Waals surface area contributed by atoms with E-state index < -0.39 is 0 Å². The van der Waals surface area contributed by atoms with Gasteiger partial charge in [0.2, 0.25) is 0 Å². The minimum atomic E-state index is 0.0835. The van der Waals surface area contributed by atoms with Crippen LogP contribution in [0.15, 0.2) is 30.3 Å². The van der Waals surface area contributed by atoms with Crippen LogP contribution in [0.5, 0.6) is 0 Å². The Hall–Kier alpha value is -1.69. The second-order valence-corrected chi connectivity index (χ2v) is 8.16. The molecule has 1 fully saturated rings. The summed E-state index contributed by atoms with van der Waals surface area (Å²) in [6.07, 6.45) is 2.57. The molecule has 1 saturated heterocycles. The Bertz CT molecular complexity index is 766. The molecule has 0 radical (unpaired) electrons. The number of carbonyl (C=O) groups excluding carboxylic acids is 1. The van der Waals surface area contributed by atoms with Crippen molar-refractivity contribution in [2.45, 2.75) is 39.3 Å². The van der Waals surface area contributed by atoms with Crippen molar-refractivity contribution in [2.75, 3.05) is 24.7 Å². The molecule has 5 heteroatoms.